The van der Waals surface area contributed by atoms with Gasteiger partial charge in [0, 0.05) is 34.3 Å². The number of aromatic nitrogens is 2. The molecule has 130 valence electrons. The van der Waals surface area contributed by atoms with Crippen molar-refractivity contribution in [3.05, 3.63) is 59.4 Å². The number of hydrogen-bond acceptors (Lipinski definition) is 6. The van der Waals surface area contributed by atoms with E-state index in [9.17, 15) is 4.79 Å². The number of nitrogens with zero attached hydrogens (tertiary/aromatic N) is 2. The minimum Gasteiger partial charge on any atom is -0.497 e. The molecule has 0 radical (unpaired) electrons. The van der Waals surface area contributed by atoms with Gasteiger partial charge in [0.05, 0.1) is 12.8 Å². The molecular formula is C19H15N3O3S. The summed E-state index contributed by atoms with van der Waals surface area (Å²) in [4.78, 5) is 21.1. The van der Waals surface area contributed by atoms with Crippen molar-refractivity contribution in [1.82, 2.24) is 9.97 Å². The second-order valence-corrected chi connectivity index (χ2v) is 6.51. The molecule has 0 aliphatic heterocycles. The smallest absolute Gasteiger partial charge is 0.293 e. The highest BCUT2D eigenvalue weighted by Crippen LogP contribution is 2.30. The van der Waals surface area contributed by atoms with E-state index in [-0.39, 0.29) is 11.7 Å². The first-order valence-corrected chi connectivity index (χ1v) is 8.78. The van der Waals surface area contributed by atoms with Crippen LogP contribution in [0.2, 0.25) is 0 Å². The zero-order chi connectivity index (χ0) is 18.1. The number of thiazole rings is 1. The number of amides is 1. The lowest BCUT2D eigenvalue weighted by Crippen LogP contribution is -2.11. The Hall–Kier alpha value is -3.19. The van der Waals surface area contributed by atoms with E-state index in [4.69, 9.17) is 9.15 Å². The summed E-state index contributed by atoms with van der Waals surface area (Å²) in [6.07, 6.45) is 3.44. The maximum Gasteiger partial charge on any atom is 0.293 e. The van der Waals surface area contributed by atoms with Crippen molar-refractivity contribution >= 4 is 33.3 Å². The Morgan fingerprint density at radius 1 is 1.31 bits per heavy atom. The van der Waals surface area contributed by atoms with Crippen molar-refractivity contribution in [3.63, 3.8) is 0 Å². The first kappa shape index (κ1) is 16.3. The monoisotopic (exact) mass is 365 g/mol. The number of hydrogen-bond donors (Lipinski definition) is 1. The van der Waals surface area contributed by atoms with Crippen LogP contribution in [-0.2, 0) is 0 Å². The van der Waals surface area contributed by atoms with Crippen molar-refractivity contribution in [2.45, 2.75) is 6.92 Å². The van der Waals surface area contributed by atoms with Crippen LogP contribution in [0.1, 0.15) is 16.1 Å². The summed E-state index contributed by atoms with van der Waals surface area (Å²) >= 11 is 1.35. The Morgan fingerprint density at radius 3 is 2.96 bits per heavy atom. The third kappa shape index (κ3) is 2.93. The predicted molar refractivity (Wildman–Crippen MR) is 101 cm³/mol. The van der Waals surface area contributed by atoms with Crippen LogP contribution < -0.4 is 10.1 Å². The van der Waals surface area contributed by atoms with E-state index in [0.29, 0.717) is 10.7 Å². The Bertz CT molecular complexity index is 1090. The van der Waals surface area contributed by atoms with Crippen LogP contribution >= 0.6 is 11.3 Å². The molecule has 4 rings (SSSR count). The Balaban J connectivity index is 1.60. The molecule has 4 aromatic rings. The largest absolute Gasteiger partial charge is 0.497 e. The van der Waals surface area contributed by atoms with Gasteiger partial charge in [-0.05, 0) is 37.3 Å². The number of ether oxygens (including phenoxy) is 1. The number of furan rings is 1. The van der Waals surface area contributed by atoms with E-state index < -0.39 is 0 Å². The number of methoxy groups -OCH3 is 1. The predicted octanol–water partition coefficient (Wildman–Crippen LogP) is 4.52. The quantitative estimate of drug-likeness (QED) is 0.575. The lowest BCUT2D eigenvalue weighted by Gasteiger charge is -1.99. The fourth-order valence-electron chi connectivity index (χ4n) is 2.68. The van der Waals surface area contributed by atoms with E-state index in [1.165, 1.54) is 11.3 Å². The summed E-state index contributed by atoms with van der Waals surface area (Å²) in [5.41, 5.74) is 3.07. The van der Waals surface area contributed by atoms with Gasteiger partial charge < -0.3 is 9.15 Å². The highest BCUT2D eigenvalue weighted by atomic mass is 32.1. The molecule has 3 aromatic heterocycles. The molecule has 0 aliphatic rings. The molecule has 26 heavy (non-hydrogen) atoms. The second kappa shape index (κ2) is 6.61. The SMILES string of the molecule is COc1ccc2oc(C(=O)Nc3nc(-c4cccnc4)cs3)c(C)c2c1. The van der Waals surface area contributed by atoms with E-state index in [2.05, 4.69) is 15.3 Å². The van der Waals surface area contributed by atoms with Gasteiger partial charge in [-0.2, -0.15) is 0 Å². The molecule has 0 saturated heterocycles. The third-order valence-corrected chi connectivity index (χ3v) is 4.79. The lowest BCUT2D eigenvalue weighted by atomic mass is 10.1. The number of carbonyl (C=O) groups is 1. The third-order valence-electron chi connectivity index (χ3n) is 4.03. The molecular weight excluding hydrogens is 350 g/mol. The number of nitrogens with one attached hydrogen (secondary N) is 1. The molecule has 0 atom stereocenters. The Morgan fingerprint density at radius 2 is 2.19 bits per heavy atom. The van der Waals surface area contributed by atoms with Gasteiger partial charge in [-0.3, -0.25) is 15.1 Å². The number of fused-ring (bicyclic) bond motifs is 1. The fourth-order valence-corrected chi connectivity index (χ4v) is 3.39. The zero-order valence-corrected chi connectivity index (χ0v) is 15.0. The molecule has 0 unspecified atom stereocenters. The molecule has 0 saturated carbocycles. The topological polar surface area (TPSA) is 77.2 Å². The van der Waals surface area contributed by atoms with Crippen LogP contribution in [0.4, 0.5) is 5.13 Å². The van der Waals surface area contributed by atoms with E-state index in [1.807, 2.05) is 30.5 Å². The summed E-state index contributed by atoms with van der Waals surface area (Å²) < 4.78 is 11.0. The van der Waals surface area contributed by atoms with Crippen LogP contribution in [0.25, 0.3) is 22.2 Å². The van der Waals surface area contributed by atoms with Gasteiger partial charge in [0.2, 0.25) is 0 Å². The normalized spacial score (nSPS) is 10.8. The van der Waals surface area contributed by atoms with Crippen LogP contribution in [0.5, 0.6) is 5.75 Å². The van der Waals surface area contributed by atoms with E-state index in [0.717, 1.165) is 28.0 Å². The molecule has 3 heterocycles. The summed E-state index contributed by atoms with van der Waals surface area (Å²) in [7, 11) is 1.60. The molecule has 1 amide bonds. The van der Waals surface area contributed by atoms with E-state index in [1.54, 1.807) is 31.6 Å². The summed E-state index contributed by atoms with van der Waals surface area (Å²) in [6.45, 7) is 1.85. The number of pyridine rings is 1. The van der Waals surface area contributed by atoms with Crippen LogP contribution in [0.15, 0.2) is 52.5 Å². The van der Waals surface area contributed by atoms with Gasteiger partial charge >= 0.3 is 0 Å². The number of benzene rings is 1. The highest BCUT2D eigenvalue weighted by molar-refractivity contribution is 7.14. The fraction of sp³-hybridized carbons (Fsp3) is 0.105. The highest BCUT2D eigenvalue weighted by Gasteiger charge is 2.19. The molecule has 7 heteroatoms. The van der Waals surface area contributed by atoms with Gasteiger partial charge in [-0.1, -0.05) is 0 Å². The number of aryl methyl sites for hydroxylation is 1. The molecule has 6 nitrogen and oxygen atoms in total. The van der Waals surface area contributed by atoms with Gasteiger partial charge in [0.1, 0.15) is 11.3 Å². The molecule has 1 aromatic carbocycles. The molecule has 0 aliphatic carbocycles. The van der Waals surface area contributed by atoms with Crippen molar-refractivity contribution in [2.24, 2.45) is 0 Å². The first-order valence-electron chi connectivity index (χ1n) is 7.90. The van der Waals surface area contributed by atoms with Crippen molar-refractivity contribution < 1.29 is 13.9 Å². The zero-order valence-electron chi connectivity index (χ0n) is 14.1. The molecule has 1 N–H and O–H groups in total. The maximum atomic E-state index is 12.6. The Labute approximate surface area is 153 Å². The van der Waals surface area contributed by atoms with Gasteiger partial charge in [-0.15, -0.1) is 11.3 Å². The number of anilines is 1. The summed E-state index contributed by atoms with van der Waals surface area (Å²) in [5.74, 6) is 0.658. The van der Waals surface area contributed by atoms with E-state index >= 15 is 0 Å². The first-order chi connectivity index (χ1) is 12.7. The molecule has 0 spiro atoms. The number of carbonyl (C=O) groups excluding carboxylic acids is 1. The summed E-state index contributed by atoms with van der Waals surface area (Å²) in [5, 5.41) is 6.04. The van der Waals surface area contributed by atoms with Crippen LogP contribution in [0, 0.1) is 6.92 Å². The average Bonchev–Trinajstić information content (AvgIpc) is 3.27. The average molecular weight is 365 g/mol. The standard InChI is InChI=1S/C19H15N3O3S/c1-11-14-8-13(24-2)5-6-16(14)25-17(11)18(23)22-19-21-15(10-26-19)12-4-3-7-20-9-12/h3-10H,1-2H3,(H,21,22,23). The lowest BCUT2D eigenvalue weighted by molar-refractivity contribution is 0.0998. The van der Waals surface area contributed by atoms with Crippen molar-refractivity contribution in [2.75, 3.05) is 12.4 Å². The molecule has 0 fully saturated rings. The van der Waals surface area contributed by atoms with Crippen molar-refractivity contribution in [1.29, 1.82) is 0 Å². The van der Waals surface area contributed by atoms with Crippen molar-refractivity contribution in [3.8, 4) is 17.0 Å². The summed E-state index contributed by atoms with van der Waals surface area (Å²) in [6, 6.07) is 9.22. The van der Waals surface area contributed by atoms with Gasteiger partial charge in [0.25, 0.3) is 5.91 Å². The number of rotatable bonds is 4. The minimum atomic E-state index is -0.329. The Kier molecular flexibility index (Phi) is 4.14. The molecule has 0 bridgehead atoms. The van der Waals surface area contributed by atoms with Crippen LogP contribution in [0.3, 0.4) is 0 Å². The van der Waals surface area contributed by atoms with Gasteiger partial charge in [0.15, 0.2) is 10.9 Å². The second-order valence-electron chi connectivity index (χ2n) is 5.65. The van der Waals surface area contributed by atoms with Crippen LogP contribution in [-0.4, -0.2) is 23.0 Å². The van der Waals surface area contributed by atoms with Gasteiger partial charge in [-0.25, -0.2) is 4.98 Å². The minimum absolute atomic E-state index is 0.270. The maximum absolute atomic E-state index is 12.6.